The summed E-state index contributed by atoms with van der Waals surface area (Å²) < 4.78 is 19.9. The van der Waals surface area contributed by atoms with Crippen LogP contribution in [0.1, 0.15) is 54.7 Å². The lowest BCUT2D eigenvalue weighted by Gasteiger charge is -2.44. The van der Waals surface area contributed by atoms with E-state index in [1.54, 1.807) is 12.1 Å². The number of para-hydroxylation sites is 1. The van der Waals surface area contributed by atoms with Crippen LogP contribution in [-0.2, 0) is 6.42 Å². The number of nitrogens with one attached hydrogen (secondary N) is 1. The summed E-state index contributed by atoms with van der Waals surface area (Å²) in [7, 11) is 0. The van der Waals surface area contributed by atoms with E-state index in [0.717, 1.165) is 56.0 Å². The fourth-order valence-electron chi connectivity index (χ4n) is 5.32. The maximum Gasteiger partial charge on any atom is 0.125 e. The van der Waals surface area contributed by atoms with Gasteiger partial charge in [0.1, 0.15) is 18.2 Å². The van der Waals surface area contributed by atoms with Gasteiger partial charge in [-0.3, -0.25) is 4.90 Å². The minimum absolute atomic E-state index is 0.123. The van der Waals surface area contributed by atoms with Gasteiger partial charge in [0.05, 0.1) is 0 Å². The van der Waals surface area contributed by atoms with Crippen molar-refractivity contribution in [2.75, 3.05) is 25.0 Å². The van der Waals surface area contributed by atoms with Gasteiger partial charge in [-0.25, -0.2) is 4.39 Å². The summed E-state index contributed by atoms with van der Waals surface area (Å²) in [5, 5.41) is 3.44. The summed E-state index contributed by atoms with van der Waals surface area (Å²) in [4.78, 5) is 2.73. The van der Waals surface area contributed by atoms with E-state index in [1.165, 1.54) is 30.4 Å². The van der Waals surface area contributed by atoms with Gasteiger partial charge in [0.15, 0.2) is 0 Å². The number of rotatable bonds is 6. The van der Waals surface area contributed by atoms with E-state index >= 15 is 0 Å². The molecule has 2 unspecified atom stereocenters. The first-order chi connectivity index (χ1) is 14.2. The number of nitrogens with zero attached hydrogens (tertiary/aromatic N) is 1. The van der Waals surface area contributed by atoms with Crippen LogP contribution in [0.3, 0.4) is 0 Å². The second-order valence-corrected chi connectivity index (χ2v) is 9.01. The van der Waals surface area contributed by atoms with Crippen molar-refractivity contribution >= 4 is 5.69 Å². The third-order valence-corrected chi connectivity index (χ3v) is 7.14. The third-order valence-electron chi connectivity index (χ3n) is 7.14. The molecular weight excluding hydrogens is 363 g/mol. The van der Waals surface area contributed by atoms with Crippen molar-refractivity contribution in [3.8, 4) is 5.75 Å². The molecule has 154 valence electrons. The number of aryl methyl sites for hydroxylation is 1. The number of hydrogen-bond donors (Lipinski definition) is 1. The molecule has 0 amide bonds. The molecule has 2 aromatic rings. The fourth-order valence-corrected chi connectivity index (χ4v) is 5.32. The Kier molecular flexibility index (Phi) is 5.21. The highest BCUT2D eigenvalue weighted by atomic mass is 19.1. The number of ether oxygens (including phenoxy) is 1. The molecule has 1 fully saturated rings. The van der Waals surface area contributed by atoms with Gasteiger partial charge in [-0.1, -0.05) is 24.6 Å². The molecule has 1 aliphatic carbocycles. The minimum atomic E-state index is -0.123. The van der Waals surface area contributed by atoms with E-state index in [1.807, 2.05) is 6.07 Å². The van der Waals surface area contributed by atoms with Gasteiger partial charge < -0.3 is 10.1 Å². The van der Waals surface area contributed by atoms with Gasteiger partial charge in [0, 0.05) is 30.2 Å². The van der Waals surface area contributed by atoms with E-state index in [-0.39, 0.29) is 5.82 Å². The Morgan fingerprint density at radius 1 is 1.17 bits per heavy atom. The first-order valence-electron chi connectivity index (χ1n) is 11.2. The Labute approximate surface area is 173 Å². The molecular formula is C25H31FN2O. The van der Waals surface area contributed by atoms with Crippen LogP contribution < -0.4 is 10.1 Å². The van der Waals surface area contributed by atoms with E-state index < -0.39 is 0 Å². The Morgan fingerprint density at radius 3 is 2.90 bits per heavy atom. The summed E-state index contributed by atoms with van der Waals surface area (Å²) in [6, 6.07) is 12.8. The standard InChI is InChI=1S/C25H31FN2O/c1-17-5-2-6-18-13-22(16-29-25(17)18)28(21-8-3-9-21)12-4-7-19-15-27-24-11-10-20(26)14-23(19)24/h2,5-6,10-11,14,19,21-22,27H,3-4,7-9,12-13,15-16H2,1H3. The van der Waals surface area contributed by atoms with Gasteiger partial charge in [0.25, 0.3) is 0 Å². The fraction of sp³-hybridized carbons (Fsp3) is 0.520. The number of fused-ring (bicyclic) bond motifs is 2. The van der Waals surface area contributed by atoms with Gasteiger partial charge in [-0.15, -0.1) is 0 Å². The number of halogens is 1. The lowest BCUT2D eigenvalue weighted by Crippen LogP contribution is -2.51. The molecule has 3 aliphatic rings. The molecule has 2 aromatic carbocycles. The molecule has 2 aliphatic heterocycles. The molecule has 2 atom stereocenters. The number of benzene rings is 2. The van der Waals surface area contributed by atoms with Gasteiger partial charge >= 0.3 is 0 Å². The van der Waals surface area contributed by atoms with Gasteiger partial charge in [-0.05, 0) is 80.5 Å². The first kappa shape index (κ1) is 18.9. The summed E-state index contributed by atoms with van der Waals surface area (Å²) in [5.41, 5.74) is 4.87. The molecule has 0 saturated heterocycles. The highest BCUT2D eigenvalue weighted by Gasteiger charge is 2.33. The van der Waals surface area contributed by atoms with Crippen LogP contribution in [-0.4, -0.2) is 36.7 Å². The predicted octanol–water partition coefficient (Wildman–Crippen LogP) is 5.28. The molecule has 3 nitrogen and oxygen atoms in total. The van der Waals surface area contributed by atoms with Crippen LogP contribution in [0.25, 0.3) is 0 Å². The highest BCUT2D eigenvalue weighted by Crippen LogP contribution is 2.37. The smallest absolute Gasteiger partial charge is 0.125 e. The second-order valence-electron chi connectivity index (χ2n) is 9.01. The quantitative estimate of drug-likeness (QED) is 0.721. The molecule has 1 saturated carbocycles. The summed E-state index contributed by atoms with van der Waals surface area (Å²) in [5.74, 6) is 1.41. The van der Waals surface area contributed by atoms with E-state index in [4.69, 9.17) is 4.74 Å². The average Bonchev–Trinajstić information content (AvgIpc) is 3.08. The van der Waals surface area contributed by atoms with Crippen molar-refractivity contribution in [1.29, 1.82) is 0 Å². The molecule has 5 rings (SSSR count). The second kappa shape index (κ2) is 7.98. The third kappa shape index (κ3) is 3.75. The lowest BCUT2D eigenvalue weighted by molar-refractivity contribution is 0.0426. The largest absolute Gasteiger partial charge is 0.491 e. The van der Waals surface area contributed by atoms with Crippen molar-refractivity contribution in [3.05, 3.63) is 58.9 Å². The SMILES string of the molecule is Cc1cccc2c1OCC(N(CCCC1CNc3ccc(F)cc31)C1CCC1)C2. The average molecular weight is 395 g/mol. The van der Waals surface area contributed by atoms with Crippen LogP contribution in [0.5, 0.6) is 5.75 Å². The molecule has 0 radical (unpaired) electrons. The van der Waals surface area contributed by atoms with E-state index in [9.17, 15) is 4.39 Å². The summed E-state index contributed by atoms with van der Waals surface area (Å²) >= 11 is 0. The zero-order chi connectivity index (χ0) is 19.8. The Bertz CT molecular complexity index is 879. The Morgan fingerprint density at radius 2 is 2.07 bits per heavy atom. The first-order valence-corrected chi connectivity index (χ1v) is 11.2. The van der Waals surface area contributed by atoms with Crippen LogP contribution in [0, 0.1) is 12.7 Å². The van der Waals surface area contributed by atoms with E-state index in [2.05, 4.69) is 35.3 Å². The molecule has 0 bridgehead atoms. The molecule has 0 aromatic heterocycles. The number of anilines is 1. The zero-order valence-corrected chi connectivity index (χ0v) is 17.3. The van der Waals surface area contributed by atoms with Crippen LogP contribution in [0.15, 0.2) is 36.4 Å². The van der Waals surface area contributed by atoms with Crippen LogP contribution >= 0.6 is 0 Å². The van der Waals surface area contributed by atoms with Crippen molar-refractivity contribution in [2.45, 2.75) is 63.5 Å². The molecule has 4 heteroatoms. The normalized spacial score (nSPS) is 23.1. The maximum absolute atomic E-state index is 13.7. The molecule has 2 heterocycles. The maximum atomic E-state index is 13.7. The molecule has 29 heavy (non-hydrogen) atoms. The van der Waals surface area contributed by atoms with Gasteiger partial charge in [0.2, 0.25) is 0 Å². The van der Waals surface area contributed by atoms with Crippen molar-refractivity contribution in [2.24, 2.45) is 0 Å². The zero-order valence-electron chi connectivity index (χ0n) is 17.3. The predicted molar refractivity (Wildman–Crippen MR) is 115 cm³/mol. The van der Waals surface area contributed by atoms with E-state index in [0.29, 0.717) is 18.0 Å². The minimum Gasteiger partial charge on any atom is -0.491 e. The van der Waals surface area contributed by atoms with Crippen molar-refractivity contribution in [1.82, 2.24) is 4.90 Å². The Balaban J connectivity index is 1.23. The summed E-state index contributed by atoms with van der Waals surface area (Å²) in [6.07, 6.45) is 7.33. The Hall–Kier alpha value is -2.07. The lowest BCUT2D eigenvalue weighted by atomic mass is 9.88. The molecule has 0 spiro atoms. The highest BCUT2D eigenvalue weighted by molar-refractivity contribution is 5.57. The summed E-state index contributed by atoms with van der Waals surface area (Å²) in [6.45, 7) is 4.98. The molecule has 1 N–H and O–H groups in total. The monoisotopic (exact) mass is 394 g/mol. The van der Waals surface area contributed by atoms with Gasteiger partial charge in [-0.2, -0.15) is 0 Å². The number of hydrogen-bond acceptors (Lipinski definition) is 3. The van der Waals surface area contributed by atoms with Crippen LogP contribution in [0.2, 0.25) is 0 Å². The van der Waals surface area contributed by atoms with Crippen molar-refractivity contribution < 1.29 is 9.13 Å². The topological polar surface area (TPSA) is 24.5 Å². The van der Waals surface area contributed by atoms with Crippen LogP contribution in [0.4, 0.5) is 10.1 Å². The van der Waals surface area contributed by atoms with Crippen molar-refractivity contribution in [3.63, 3.8) is 0 Å².